The van der Waals surface area contributed by atoms with Gasteiger partial charge in [0.15, 0.2) is 6.29 Å². The van der Waals surface area contributed by atoms with E-state index in [1.54, 1.807) is 0 Å². The Labute approximate surface area is 99.7 Å². The third-order valence-electron chi connectivity index (χ3n) is 3.50. The van der Waals surface area contributed by atoms with Crippen molar-refractivity contribution < 1.29 is 9.47 Å². The first-order chi connectivity index (χ1) is 7.69. The number of hydrogen-bond donors (Lipinski definition) is 1. The number of rotatable bonds is 6. The van der Waals surface area contributed by atoms with E-state index >= 15 is 0 Å². The molecule has 0 spiro atoms. The summed E-state index contributed by atoms with van der Waals surface area (Å²) < 4.78 is 11.2. The average molecular weight is 229 g/mol. The fourth-order valence-corrected chi connectivity index (χ4v) is 2.65. The van der Waals surface area contributed by atoms with Crippen molar-refractivity contribution in [3.8, 4) is 0 Å². The average Bonchev–Trinajstić information content (AvgIpc) is 2.28. The Kier molecular flexibility index (Phi) is 6.32. The molecule has 0 radical (unpaired) electrons. The molecule has 0 heterocycles. The lowest BCUT2D eigenvalue weighted by Gasteiger charge is -2.34. The summed E-state index contributed by atoms with van der Waals surface area (Å²) in [5, 5.41) is 0. The third kappa shape index (κ3) is 4.04. The monoisotopic (exact) mass is 229 g/mol. The molecule has 3 heteroatoms. The maximum Gasteiger partial charge on any atom is 0.172 e. The Morgan fingerprint density at radius 1 is 1.19 bits per heavy atom. The van der Waals surface area contributed by atoms with Crippen molar-refractivity contribution in [2.45, 2.75) is 58.8 Å². The van der Waals surface area contributed by atoms with E-state index in [0.29, 0.717) is 19.1 Å². The zero-order valence-electron chi connectivity index (χ0n) is 10.9. The van der Waals surface area contributed by atoms with Crippen LogP contribution in [0.3, 0.4) is 0 Å². The lowest BCUT2D eigenvalue weighted by molar-refractivity contribution is -0.158. The minimum Gasteiger partial charge on any atom is -0.351 e. The molecule has 0 bridgehead atoms. The van der Waals surface area contributed by atoms with Crippen molar-refractivity contribution in [1.29, 1.82) is 0 Å². The Morgan fingerprint density at radius 2 is 1.81 bits per heavy atom. The van der Waals surface area contributed by atoms with Crippen LogP contribution in [-0.4, -0.2) is 25.5 Å². The van der Waals surface area contributed by atoms with Gasteiger partial charge in [0.1, 0.15) is 0 Å². The predicted molar refractivity (Wildman–Crippen MR) is 66.1 cm³/mol. The van der Waals surface area contributed by atoms with Crippen LogP contribution in [0.25, 0.3) is 0 Å². The first-order valence-electron chi connectivity index (χ1n) is 6.67. The normalized spacial score (nSPS) is 28.3. The Hall–Kier alpha value is -0.120. The van der Waals surface area contributed by atoms with Crippen LogP contribution < -0.4 is 5.73 Å². The molecule has 1 rings (SSSR count). The smallest absolute Gasteiger partial charge is 0.172 e. The van der Waals surface area contributed by atoms with E-state index in [2.05, 4.69) is 6.92 Å². The van der Waals surface area contributed by atoms with Crippen LogP contribution in [0.4, 0.5) is 0 Å². The standard InChI is InChI=1S/C13H27NO2/c1-4-15-13(16-5-2)12(14)11-8-6-7-10(3)9-11/h10-13H,4-9,14H2,1-3H3. The molecule has 0 aromatic heterocycles. The van der Waals surface area contributed by atoms with Crippen molar-refractivity contribution in [2.24, 2.45) is 17.6 Å². The summed E-state index contributed by atoms with van der Waals surface area (Å²) in [5.41, 5.74) is 6.28. The summed E-state index contributed by atoms with van der Waals surface area (Å²) in [4.78, 5) is 0. The molecule has 3 unspecified atom stereocenters. The largest absolute Gasteiger partial charge is 0.351 e. The van der Waals surface area contributed by atoms with Gasteiger partial charge >= 0.3 is 0 Å². The van der Waals surface area contributed by atoms with E-state index in [4.69, 9.17) is 15.2 Å². The van der Waals surface area contributed by atoms with Crippen molar-refractivity contribution in [2.75, 3.05) is 13.2 Å². The molecular formula is C13H27NO2. The van der Waals surface area contributed by atoms with E-state index in [1.165, 1.54) is 25.7 Å². The second-order valence-electron chi connectivity index (χ2n) is 4.89. The van der Waals surface area contributed by atoms with Gasteiger partial charge in [-0.3, -0.25) is 0 Å². The minimum absolute atomic E-state index is 0.0302. The Morgan fingerprint density at radius 3 is 2.31 bits per heavy atom. The van der Waals surface area contributed by atoms with Gasteiger partial charge in [-0.25, -0.2) is 0 Å². The molecule has 0 aromatic rings. The van der Waals surface area contributed by atoms with Crippen molar-refractivity contribution in [1.82, 2.24) is 0 Å². The van der Waals surface area contributed by atoms with E-state index < -0.39 is 0 Å². The quantitative estimate of drug-likeness (QED) is 0.712. The fraction of sp³-hybridized carbons (Fsp3) is 1.00. The van der Waals surface area contributed by atoms with E-state index in [0.717, 1.165) is 5.92 Å². The molecule has 1 aliphatic carbocycles. The zero-order valence-corrected chi connectivity index (χ0v) is 10.9. The van der Waals surface area contributed by atoms with Crippen LogP contribution in [0.1, 0.15) is 46.5 Å². The lowest BCUT2D eigenvalue weighted by Crippen LogP contribution is -2.45. The minimum atomic E-state index is -0.217. The SMILES string of the molecule is CCOC(OCC)C(N)C1CCCC(C)C1. The molecule has 0 saturated heterocycles. The van der Waals surface area contributed by atoms with Gasteiger partial charge in [0.2, 0.25) is 0 Å². The van der Waals surface area contributed by atoms with Crippen LogP contribution in [0.15, 0.2) is 0 Å². The summed E-state index contributed by atoms with van der Waals surface area (Å²) in [6.45, 7) is 7.63. The number of hydrogen-bond acceptors (Lipinski definition) is 3. The topological polar surface area (TPSA) is 44.5 Å². The van der Waals surface area contributed by atoms with Gasteiger partial charge < -0.3 is 15.2 Å². The molecule has 16 heavy (non-hydrogen) atoms. The summed E-state index contributed by atoms with van der Waals surface area (Å²) in [6, 6.07) is 0.0302. The van der Waals surface area contributed by atoms with Gasteiger partial charge in [-0.05, 0) is 38.5 Å². The fourth-order valence-electron chi connectivity index (χ4n) is 2.65. The molecule has 3 nitrogen and oxygen atoms in total. The maximum atomic E-state index is 6.28. The first-order valence-corrected chi connectivity index (χ1v) is 6.67. The van der Waals surface area contributed by atoms with Gasteiger partial charge in [0, 0.05) is 13.2 Å². The van der Waals surface area contributed by atoms with Crippen molar-refractivity contribution in [3.63, 3.8) is 0 Å². The highest BCUT2D eigenvalue weighted by atomic mass is 16.7. The molecule has 0 aliphatic heterocycles. The molecule has 1 aliphatic rings. The van der Waals surface area contributed by atoms with Gasteiger partial charge in [-0.2, -0.15) is 0 Å². The van der Waals surface area contributed by atoms with Crippen LogP contribution in [0.5, 0.6) is 0 Å². The molecule has 0 aromatic carbocycles. The molecular weight excluding hydrogens is 202 g/mol. The molecule has 0 amide bonds. The summed E-state index contributed by atoms with van der Waals surface area (Å²) in [6.07, 6.45) is 4.87. The van der Waals surface area contributed by atoms with Crippen LogP contribution in [0.2, 0.25) is 0 Å². The maximum absolute atomic E-state index is 6.28. The molecule has 3 atom stereocenters. The highest BCUT2D eigenvalue weighted by Crippen LogP contribution is 2.31. The number of ether oxygens (including phenoxy) is 2. The second-order valence-corrected chi connectivity index (χ2v) is 4.89. The predicted octanol–water partition coefficient (Wildman–Crippen LogP) is 2.54. The van der Waals surface area contributed by atoms with E-state index in [9.17, 15) is 0 Å². The van der Waals surface area contributed by atoms with Gasteiger partial charge in [-0.15, -0.1) is 0 Å². The summed E-state index contributed by atoms with van der Waals surface area (Å²) in [5.74, 6) is 1.36. The van der Waals surface area contributed by atoms with Gasteiger partial charge in [0.05, 0.1) is 6.04 Å². The van der Waals surface area contributed by atoms with Gasteiger partial charge in [-0.1, -0.05) is 19.8 Å². The third-order valence-corrected chi connectivity index (χ3v) is 3.50. The van der Waals surface area contributed by atoms with Crippen LogP contribution in [-0.2, 0) is 9.47 Å². The highest BCUT2D eigenvalue weighted by molar-refractivity contribution is 4.81. The second kappa shape index (κ2) is 7.25. The zero-order chi connectivity index (χ0) is 12.0. The number of nitrogens with two attached hydrogens (primary N) is 1. The van der Waals surface area contributed by atoms with Crippen LogP contribution >= 0.6 is 0 Å². The van der Waals surface area contributed by atoms with Crippen molar-refractivity contribution >= 4 is 0 Å². The first kappa shape index (κ1) is 13.9. The van der Waals surface area contributed by atoms with Crippen molar-refractivity contribution in [3.05, 3.63) is 0 Å². The molecule has 96 valence electrons. The van der Waals surface area contributed by atoms with E-state index in [1.807, 2.05) is 13.8 Å². The molecule has 1 saturated carbocycles. The highest BCUT2D eigenvalue weighted by Gasteiger charge is 2.30. The summed E-state index contributed by atoms with van der Waals surface area (Å²) in [7, 11) is 0. The lowest BCUT2D eigenvalue weighted by atomic mass is 9.78. The van der Waals surface area contributed by atoms with Gasteiger partial charge in [0.25, 0.3) is 0 Å². The van der Waals surface area contributed by atoms with E-state index in [-0.39, 0.29) is 12.3 Å². The van der Waals surface area contributed by atoms with Crippen LogP contribution in [0, 0.1) is 11.8 Å². The molecule has 2 N–H and O–H groups in total. The summed E-state index contributed by atoms with van der Waals surface area (Å²) >= 11 is 0. The Bertz CT molecular complexity index is 176. The Balaban J connectivity index is 2.47. The molecule has 1 fully saturated rings.